The van der Waals surface area contributed by atoms with Crippen LogP contribution in [0.3, 0.4) is 0 Å². The number of hydrogen-bond acceptors (Lipinski definition) is 0. The predicted molar refractivity (Wildman–Crippen MR) is 102 cm³/mol. The highest BCUT2D eigenvalue weighted by Gasteiger charge is 2.24. The van der Waals surface area contributed by atoms with Crippen LogP contribution in [0.5, 0.6) is 0 Å². The molecule has 0 nitrogen and oxygen atoms in total. The third kappa shape index (κ3) is 2.92. The lowest BCUT2D eigenvalue weighted by atomic mass is 9.89. The van der Waals surface area contributed by atoms with Gasteiger partial charge in [-0.2, -0.15) is 0 Å². The Kier molecular flexibility index (Phi) is 4.89. The predicted octanol–water partition coefficient (Wildman–Crippen LogP) is 7.15. The Balaban J connectivity index is 2.16. The Bertz CT molecular complexity index is 810. The van der Waals surface area contributed by atoms with Gasteiger partial charge in [0.25, 0.3) is 0 Å². The zero-order valence-electron chi connectivity index (χ0n) is 15.2. The first-order valence-electron chi connectivity index (χ1n) is 9.17. The van der Waals surface area contributed by atoms with Crippen LogP contribution in [0.15, 0.2) is 53.6 Å². The molecule has 126 valence electrons. The maximum Gasteiger partial charge on any atom is 0.131 e. The summed E-state index contributed by atoms with van der Waals surface area (Å²) in [6.07, 6.45) is 5.72. The summed E-state index contributed by atoms with van der Waals surface area (Å²) in [4.78, 5) is 0. The Morgan fingerprint density at radius 1 is 0.917 bits per heavy atom. The molecule has 0 saturated carbocycles. The van der Waals surface area contributed by atoms with Crippen LogP contribution in [0.1, 0.15) is 52.5 Å². The average molecular weight is 322 g/mol. The third-order valence-corrected chi connectivity index (χ3v) is 5.65. The molecule has 0 heterocycles. The van der Waals surface area contributed by atoms with Gasteiger partial charge in [0.15, 0.2) is 0 Å². The molecular weight excluding hydrogens is 295 g/mol. The Morgan fingerprint density at radius 2 is 1.58 bits per heavy atom. The van der Waals surface area contributed by atoms with Crippen molar-refractivity contribution in [3.63, 3.8) is 0 Å². The summed E-state index contributed by atoms with van der Waals surface area (Å²) >= 11 is 0. The standard InChI is InChI=1S/C23H27F/c1-5-15(3)17-13-21(16(4)6-2)22(14-17)19-11-12-23(24)20-10-8-7-9-18(19)20/h7-13,15-16H,5-6,14H2,1-4H3. The van der Waals surface area contributed by atoms with Crippen molar-refractivity contribution in [2.45, 2.75) is 47.0 Å². The van der Waals surface area contributed by atoms with Gasteiger partial charge in [-0.1, -0.05) is 69.7 Å². The highest BCUT2D eigenvalue weighted by atomic mass is 19.1. The largest absolute Gasteiger partial charge is 0.206 e. The Hall–Kier alpha value is -1.89. The van der Waals surface area contributed by atoms with Gasteiger partial charge in [-0.25, -0.2) is 4.39 Å². The zero-order chi connectivity index (χ0) is 17.3. The molecule has 1 heteroatoms. The van der Waals surface area contributed by atoms with Crippen LogP contribution in [0.2, 0.25) is 0 Å². The number of allylic oxidation sites excluding steroid dienone is 4. The summed E-state index contributed by atoms with van der Waals surface area (Å²) in [6.45, 7) is 9.11. The molecule has 1 aliphatic carbocycles. The zero-order valence-corrected chi connectivity index (χ0v) is 15.2. The second kappa shape index (κ2) is 6.93. The summed E-state index contributed by atoms with van der Waals surface area (Å²) in [5.74, 6) is 1.01. The van der Waals surface area contributed by atoms with Crippen molar-refractivity contribution >= 4 is 16.3 Å². The lowest BCUT2D eigenvalue weighted by Crippen LogP contribution is -1.98. The van der Waals surface area contributed by atoms with Crippen LogP contribution >= 0.6 is 0 Å². The lowest BCUT2D eigenvalue weighted by molar-refractivity contribution is 0.639. The molecule has 24 heavy (non-hydrogen) atoms. The number of halogens is 1. The van der Waals surface area contributed by atoms with Gasteiger partial charge in [0.1, 0.15) is 5.82 Å². The monoisotopic (exact) mass is 322 g/mol. The average Bonchev–Trinajstić information content (AvgIpc) is 3.06. The van der Waals surface area contributed by atoms with Gasteiger partial charge < -0.3 is 0 Å². The molecule has 0 saturated heterocycles. The van der Waals surface area contributed by atoms with Crippen LogP contribution in [-0.2, 0) is 0 Å². The minimum absolute atomic E-state index is 0.131. The first kappa shape index (κ1) is 17.0. The summed E-state index contributed by atoms with van der Waals surface area (Å²) in [7, 11) is 0. The third-order valence-electron chi connectivity index (χ3n) is 5.65. The van der Waals surface area contributed by atoms with Crippen molar-refractivity contribution in [2.24, 2.45) is 11.8 Å². The second-order valence-corrected chi connectivity index (χ2v) is 7.09. The molecule has 1 aliphatic rings. The van der Waals surface area contributed by atoms with E-state index < -0.39 is 0 Å². The number of rotatable bonds is 5. The molecule has 2 unspecified atom stereocenters. The van der Waals surface area contributed by atoms with E-state index in [4.69, 9.17) is 0 Å². The molecule has 0 aliphatic heterocycles. The van der Waals surface area contributed by atoms with E-state index in [0.29, 0.717) is 11.8 Å². The maximum atomic E-state index is 14.2. The second-order valence-electron chi connectivity index (χ2n) is 7.09. The number of hydrogen-bond donors (Lipinski definition) is 0. The van der Waals surface area contributed by atoms with Crippen LogP contribution in [0.4, 0.5) is 4.39 Å². The van der Waals surface area contributed by atoms with E-state index in [9.17, 15) is 4.39 Å². The molecule has 0 bridgehead atoms. The van der Waals surface area contributed by atoms with Crippen molar-refractivity contribution in [2.75, 3.05) is 0 Å². The van der Waals surface area contributed by atoms with Gasteiger partial charge in [0.2, 0.25) is 0 Å². The molecular formula is C23H27F. The summed E-state index contributed by atoms with van der Waals surface area (Å²) in [5.41, 5.74) is 5.58. The number of fused-ring (bicyclic) bond motifs is 1. The van der Waals surface area contributed by atoms with E-state index in [0.717, 1.165) is 30.0 Å². The quantitative estimate of drug-likeness (QED) is 0.548. The van der Waals surface area contributed by atoms with E-state index in [1.807, 2.05) is 24.3 Å². The molecule has 0 amide bonds. The summed E-state index contributed by atoms with van der Waals surface area (Å²) < 4.78 is 14.2. The van der Waals surface area contributed by atoms with E-state index in [1.54, 1.807) is 6.07 Å². The fraction of sp³-hybridized carbons (Fsp3) is 0.391. The molecule has 0 N–H and O–H groups in total. The van der Waals surface area contributed by atoms with Crippen molar-refractivity contribution in [3.05, 3.63) is 65.0 Å². The first-order chi connectivity index (χ1) is 11.6. The fourth-order valence-electron chi connectivity index (χ4n) is 3.66. The van der Waals surface area contributed by atoms with Gasteiger partial charge in [-0.15, -0.1) is 0 Å². The Morgan fingerprint density at radius 3 is 2.25 bits per heavy atom. The topological polar surface area (TPSA) is 0 Å². The van der Waals surface area contributed by atoms with Crippen molar-refractivity contribution in [3.8, 4) is 0 Å². The smallest absolute Gasteiger partial charge is 0.131 e. The van der Waals surface area contributed by atoms with Crippen molar-refractivity contribution < 1.29 is 4.39 Å². The van der Waals surface area contributed by atoms with Crippen LogP contribution in [-0.4, -0.2) is 0 Å². The maximum absolute atomic E-state index is 14.2. The molecule has 0 aromatic heterocycles. The van der Waals surface area contributed by atoms with Crippen molar-refractivity contribution in [1.82, 2.24) is 0 Å². The highest BCUT2D eigenvalue weighted by Crippen LogP contribution is 2.43. The van der Waals surface area contributed by atoms with E-state index in [-0.39, 0.29) is 5.82 Å². The molecule has 2 aromatic carbocycles. The van der Waals surface area contributed by atoms with Crippen LogP contribution in [0.25, 0.3) is 16.3 Å². The van der Waals surface area contributed by atoms with Crippen molar-refractivity contribution in [1.29, 1.82) is 0 Å². The first-order valence-corrected chi connectivity index (χ1v) is 9.17. The summed E-state index contributed by atoms with van der Waals surface area (Å²) in [6, 6.07) is 11.5. The van der Waals surface area contributed by atoms with Gasteiger partial charge in [-0.3, -0.25) is 0 Å². The normalized spacial score (nSPS) is 17.3. The lowest BCUT2D eigenvalue weighted by Gasteiger charge is -2.16. The minimum Gasteiger partial charge on any atom is -0.206 e. The van der Waals surface area contributed by atoms with Gasteiger partial charge >= 0.3 is 0 Å². The Labute approximate surface area is 145 Å². The van der Waals surface area contributed by atoms with E-state index >= 15 is 0 Å². The SMILES string of the molecule is CCC(C)C1=CC(C(C)CC)=C(c2ccc(F)c3ccccc23)C1. The minimum atomic E-state index is -0.131. The van der Waals surface area contributed by atoms with E-state index in [2.05, 4.69) is 39.8 Å². The molecule has 2 atom stereocenters. The van der Waals surface area contributed by atoms with Gasteiger partial charge in [0.05, 0.1) is 0 Å². The molecule has 0 spiro atoms. The molecule has 0 fully saturated rings. The number of benzene rings is 2. The molecule has 0 radical (unpaired) electrons. The van der Waals surface area contributed by atoms with Gasteiger partial charge in [0, 0.05) is 5.39 Å². The van der Waals surface area contributed by atoms with Crippen LogP contribution < -0.4 is 0 Å². The molecule has 2 aromatic rings. The summed E-state index contributed by atoms with van der Waals surface area (Å²) in [5, 5.41) is 1.76. The molecule has 3 rings (SSSR count). The van der Waals surface area contributed by atoms with E-state index in [1.165, 1.54) is 22.3 Å². The van der Waals surface area contributed by atoms with Gasteiger partial charge in [-0.05, 0) is 59.3 Å². The van der Waals surface area contributed by atoms with Crippen LogP contribution in [0, 0.1) is 17.7 Å². The fourth-order valence-corrected chi connectivity index (χ4v) is 3.66. The highest BCUT2D eigenvalue weighted by molar-refractivity contribution is 5.96.